The number of nitrogens with zero attached hydrogens (tertiary/aromatic N) is 3. The molecule has 0 radical (unpaired) electrons. The summed E-state index contributed by atoms with van der Waals surface area (Å²) in [5.41, 5.74) is 3.03. The lowest BCUT2D eigenvalue weighted by Crippen LogP contribution is -2.15. The predicted octanol–water partition coefficient (Wildman–Crippen LogP) is 4.29. The van der Waals surface area contributed by atoms with Crippen LogP contribution in [0.5, 0.6) is 0 Å². The van der Waals surface area contributed by atoms with Crippen LogP contribution < -0.4 is 5.32 Å². The molecule has 3 aromatic heterocycles. The summed E-state index contributed by atoms with van der Waals surface area (Å²) >= 11 is 1.38. The number of nitrogens with one attached hydrogen (secondary N) is 1. The number of pyridine rings is 1. The molecule has 0 aliphatic heterocycles. The van der Waals surface area contributed by atoms with Crippen LogP contribution in [0, 0.1) is 13.8 Å². The maximum Gasteiger partial charge on any atom is 0.340 e. The highest BCUT2D eigenvalue weighted by molar-refractivity contribution is 7.16. The Labute approximate surface area is 167 Å². The third-order valence-electron chi connectivity index (χ3n) is 4.46. The van der Waals surface area contributed by atoms with E-state index < -0.39 is 5.97 Å². The molecule has 0 atom stereocenters. The number of rotatable bonds is 5. The van der Waals surface area contributed by atoms with Gasteiger partial charge in [0.1, 0.15) is 5.00 Å². The average Bonchev–Trinajstić information content (AvgIpc) is 3.21. The molecule has 0 bridgehead atoms. The number of anilines is 1. The topological polar surface area (TPSA) is 86.1 Å². The molecular formula is C20H24N4O3S. The van der Waals surface area contributed by atoms with Crippen LogP contribution in [0.25, 0.3) is 11.0 Å². The van der Waals surface area contributed by atoms with Gasteiger partial charge in [-0.15, -0.1) is 11.3 Å². The van der Waals surface area contributed by atoms with E-state index in [-0.39, 0.29) is 11.9 Å². The van der Waals surface area contributed by atoms with E-state index in [2.05, 4.69) is 15.4 Å². The molecule has 3 aromatic rings. The number of hydrogen-bond acceptors (Lipinski definition) is 6. The Morgan fingerprint density at radius 3 is 2.57 bits per heavy atom. The van der Waals surface area contributed by atoms with Gasteiger partial charge in [-0.3, -0.25) is 4.79 Å². The van der Waals surface area contributed by atoms with Crippen LogP contribution in [-0.4, -0.2) is 33.8 Å². The van der Waals surface area contributed by atoms with Gasteiger partial charge in [-0.2, -0.15) is 5.10 Å². The molecule has 0 aliphatic rings. The third kappa shape index (κ3) is 3.52. The molecule has 8 heteroatoms. The second-order valence-electron chi connectivity index (χ2n) is 6.89. The fourth-order valence-corrected chi connectivity index (χ4v) is 4.10. The summed E-state index contributed by atoms with van der Waals surface area (Å²) in [6.07, 6.45) is 0.767. The van der Waals surface area contributed by atoms with Crippen molar-refractivity contribution < 1.29 is 14.3 Å². The molecule has 0 aliphatic carbocycles. The first kappa shape index (κ1) is 20.0. The SMILES string of the molecule is CCc1cc(C(=O)OC)c(NC(=O)c2cc(C)nc3c2c(C)nn3C(C)C)s1. The summed E-state index contributed by atoms with van der Waals surface area (Å²) in [7, 11) is 1.33. The predicted molar refractivity (Wildman–Crippen MR) is 110 cm³/mol. The normalized spacial score (nSPS) is 11.2. The first-order valence-electron chi connectivity index (χ1n) is 9.15. The average molecular weight is 401 g/mol. The van der Waals surface area contributed by atoms with Crippen molar-refractivity contribution in [2.45, 2.75) is 47.1 Å². The van der Waals surface area contributed by atoms with Crippen LogP contribution in [0.3, 0.4) is 0 Å². The highest BCUT2D eigenvalue weighted by Gasteiger charge is 2.23. The van der Waals surface area contributed by atoms with Gasteiger partial charge in [0.25, 0.3) is 5.91 Å². The molecule has 148 valence electrons. The first-order valence-corrected chi connectivity index (χ1v) is 9.97. The van der Waals surface area contributed by atoms with E-state index in [0.29, 0.717) is 21.8 Å². The van der Waals surface area contributed by atoms with Crippen molar-refractivity contribution >= 4 is 39.2 Å². The fraction of sp³-hybridized carbons (Fsp3) is 0.400. The van der Waals surface area contributed by atoms with Crippen LogP contribution in [-0.2, 0) is 11.2 Å². The number of carbonyl (C=O) groups excluding carboxylic acids is 2. The Bertz CT molecular complexity index is 1070. The number of thiophene rings is 1. The largest absolute Gasteiger partial charge is 0.465 e. The summed E-state index contributed by atoms with van der Waals surface area (Å²) in [4.78, 5) is 30.8. The van der Waals surface area contributed by atoms with Crippen molar-refractivity contribution in [2.75, 3.05) is 12.4 Å². The van der Waals surface area contributed by atoms with E-state index >= 15 is 0 Å². The summed E-state index contributed by atoms with van der Waals surface area (Å²) in [6, 6.07) is 3.64. The number of hydrogen-bond donors (Lipinski definition) is 1. The van der Waals surface area contributed by atoms with E-state index in [9.17, 15) is 9.59 Å². The van der Waals surface area contributed by atoms with E-state index in [4.69, 9.17) is 4.74 Å². The Balaban J connectivity index is 2.08. The van der Waals surface area contributed by atoms with Crippen molar-refractivity contribution in [3.8, 4) is 0 Å². The maximum atomic E-state index is 13.2. The highest BCUT2D eigenvalue weighted by atomic mass is 32.1. The van der Waals surface area contributed by atoms with Crippen molar-refractivity contribution in [2.24, 2.45) is 0 Å². The number of carbonyl (C=O) groups is 2. The Hall–Kier alpha value is -2.74. The van der Waals surface area contributed by atoms with Gasteiger partial charge < -0.3 is 10.1 Å². The molecule has 28 heavy (non-hydrogen) atoms. The van der Waals surface area contributed by atoms with Crippen molar-refractivity contribution in [1.82, 2.24) is 14.8 Å². The van der Waals surface area contributed by atoms with E-state index in [1.165, 1.54) is 18.4 Å². The maximum absolute atomic E-state index is 13.2. The molecular weight excluding hydrogens is 376 g/mol. The zero-order valence-electron chi connectivity index (χ0n) is 16.9. The zero-order valence-corrected chi connectivity index (χ0v) is 17.7. The van der Waals surface area contributed by atoms with Crippen molar-refractivity contribution in [1.29, 1.82) is 0 Å². The summed E-state index contributed by atoms with van der Waals surface area (Å²) in [5, 5.41) is 8.67. The van der Waals surface area contributed by atoms with Crippen LogP contribution in [0.2, 0.25) is 0 Å². The van der Waals surface area contributed by atoms with Gasteiger partial charge in [0.05, 0.1) is 29.3 Å². The highest BCUT2D eigenvalue weighted by Crippen LogP contribution is 2.31. The molecule has 0 spiro atoms. The summed E-state index contributed by atoms with van der Waals surface area (Å²) in [5.74, 6) is -0.761. The van der Waals surface area contributed by atoms with E-state index in [1.807, 2.05) is 39.3 Å². The molecule has 3 heterocycles. The van der Waals surface area contributed by atoms with E-state index in [1.54, 1.807) is 12.1 Å². The third-order valence-corrected chi connectivity index (χ3v) is 5.66. The molecule has 7 nitrogen and oxygen atoms in total. The molecule has 3 rings (SSSR count). The van der Waals surface area contributed by atoms with Gasteiger partial charge >= 0.3 is 5.97 Å². The summed E-state index contributed by atoms with van der Waals surface area (Å²) in [6.45, 7) is 9.77. The first-order chi connectivity index (χ1) is 13.3. The Morgan fingerprint density at radius 2 is 1.96 bits per heavy atom. The van der Waals surface area contributed by atoms with Crippen molar-refractivity contribution in [3.05, 3.63) is 39.5 Å². The van der Waals surface area contributed by atoms with Crippen molar-refractivity contribution in [3.63, 3.8) is 0 Å². The Morgan fingerprint density at radius 1 is 1.25 bits per heavy atom. The van der Waals surface area contributed by atoms with E-state index in [0.717, 1.165) is 28.1 Å². The molecule has 0 aromatic carbocycles. The standard InChI is InChI=1S/C20H24N4O3S/c1-7-13-9-15(20(26)27-6)19(28-13)22-18(25)14-8-11(4)21-17-16(14)12(5)23-24(17)10(2)3/h8-10H,7H2,1-6H3,(H,22,25). The quantitative estimate of drug-likeness (QED) is 0.646. The lowest BCUT2D eigenvalue weighted by atomic mass is 10.1. The van der Waals surface area contributed by atoms with Gasteiger partial charge in [0.2, 0.25) is 0 Å². The summed E-state index contributed by atoms with van der Waals surface area (Å²) < 4.78 is 6.68. The van der Waals surface area contributed by atoms with Crippen LogP contribution in [0.4, 0.5) is 5.00 Å². The van der Waals surface area contributed by atoms with Gasteiger partial charge in [-0.05, 0) is 46.2 Å². The number of aromatic nitrogens is 3. The minimum absolute atomic E-state index is 0.122. The molecule has 0 unspecified atom stereocenters. The second kappa shape index (κ2) is 7.71. The van der Waals surface area contributed by atoms with Gasteiger partial charge in [-0.25, -0.2) is 14.5 Å². The number of aryl methyl sites for hydroxylation is 3. The minimum atomic E-state index is -0.467. The zero-order chi connectivity index (χ0) is 20.6. The number of esters is 1. The van der Waals surface area contributed by atoms with Crippen LogP contribution >= 0.6 is 11.3 Å². The van der Waals surface area contributed by atoms with Crippen LogP contribution in [0.15, 0.2) is 12.1 Å². The van der Waals surface area contributed by atoms with Gasteiger partial charge in [0, 0.05) is 16.6 Å². The molecule has 0 fully saturated rings. The van der Waals surface area contributed by atoms with Gasteiger partial charge in [-0.1, -0.05) is 6.92 Å². The number of ether oxygens (including phenoxy) is 1. The Kier molecular flexibility index (Phi) is 5.51. The smallest absolute Gasteiger partial charge is 0.340 e. The van der Waals surface area contributed by atoms with Gasteiger partial charge in [0.15, 0.2) is 5.65 Å². The number of fused-ring (bicyclic) bond motifs is 1. The number of methoxy groups -OCH3 is 1. The monoisotopic (exact) mass is 400 g/mol. The lowest BCUT2D eigenvalue weighted by molar-refractivity contribution is 0.0602. The second-order valence-corrected chi connectivity index (χ2v) is 8.03. The molecule has 0 saturated heterocycles. The molecule has 0 saturated carbocycles. The molecule has 1 N–H and O–H groups in total. The number of amides is 1. The molecule has 1 amide bonds. The lowest BCUT2D eigenvalue weighted by Gasteiger charge is -2.09. The fourth-order valence-electron chi connectivity index (χ4n) is 3.12. The minimum Gasteiger partial charge on any atom is -0.465 e. The van der Waals surface area contributed by atoms with Crippen LogP contribution in [0.1, 0.15) is 63.8 Å².